The van der Waals surface area contributed by atoms with Crippen LogP contribution in [-0.4, -0.2) is 58.7 Å². The number of nitrogens with zero attached hydrogens (tertiary/aromatic N) is 4. The van der Waals surface area contributed by atoms with Crippen molar-refractivity contribution in [2.75, 3.05) is 12.8 Å². The molecular formula is C24H32N6O3S. The molecule has 1 aromatic heterocycles. The Bertz CT molecular complexity index is 1180. The molecule has 1 amide bonds. The minimum atomic E-state index is -3.51. The first kappa shape index (κ1) is 25.5. The van der Waals surface area contributed by atoms with Crippen molar-refractivity contribution in [2.24, 2.45) is 5.92 Å². The maximum absolute atomic E-state index is 13.3. The number of carbonyl (C=O) groups is 1. The van der Waals surface area contributed by atoms with Crippen LogP contribution < -0.4 is 4.72 Å². The molecule has 0 saturated carbocycles. The van der Waals surface area contributed by atoms with Crippen molar-refractivity contribution in [3.05, 3.63) is 54.1 Å². The summed E-state index contributed by atoms with van der Waals surface area (Å²) in [6, 6.07) is 15.0. The number of nitrogens with one attached hydrogen (secondary N) is 2. The molecule has 0 unspecified atom stereocenters. The Morgan fingerprint density at radius 1 is 1.09 bits per heavy atom. The van der Waals surface area contributed by atoms with Gasteiger partial charge in [0.25, 0.3) is 0 Å². The van der Waals surface area contributed by atoms with Crippen LogP contribution in [0.4, 0.5) is 0 Å². The van der Waals surface area contributed by atoms with Crippen LogP contribution >= 0.6 is 0 Å². The van der Waals surface area contributed by atoms with Crippen LogP contribution in [0.3, 0.4) is 0 Å². The van der Waals surface area contributed by atoms with Gasteiger partial charge in [0.15, 0.2) is 0 Å². The summed E-state index contributed by atoms with van der Waals surface area (Å²) in [5.41, 5.74) is 3.81. The monoisotopic (exact) mass is 484 g/mol. The molecular weight excluding hydrogens is 452 g/mol. The highest BCUT2D eigenvalue weighted by Gasteiger charge is 2.29. The van der Waals surface area contributed by atoms with Crippen molar-refractivity contribution in [1.82, 2.24) is 30.2 Å². The average molecular weight is 485 g/mol. The molecule has 9 nitrogen and oxygen atoms in total. The molecule has 2 N–H and O–H groups in total. The Hall–Kier alpha value is -3.11. The number of rotatable bonds is 11. The zero-order valence-electron chi connectivity index (χ0n) is 20.0. The maximum Gasteiger partial charge on any atom is 0.241 e. The molecule has 0 saturated heterocycles. The fourth-order valence-corrected chi connectivity index (χ4v) is 4.57. The summed E-state index contributed by atoms with van der Waals surface area (Å²) in [5, 5.41) is 14.3. The largest absolute Gasteiger partial charge is 0.337 e. The van der Waals surface area contributed by atoms with Gasteiger partial charge in [-0.15, -0.1) is 10.2 Å². The van der Waals surface area contributed by atoms with E-state index in [4.69, 9.17) is 0 Å². The Labute approximate surface area is 201 Å². The van der Waals surface area contributed by atoms with Crippen molar-refractivity contribution in [1.29, 1.82) is 0 Å². The number of H-pyrrole nitrogens is 1. The van der Waals surface area contributed by atoms with Crippen LogP contribution in [0.2, 0.25) is 0 Å². The summed E-state index contributed by atoms with van der Waals surface area (Å²) >= 11 is 0. The zero-order valence-corrected chi connectivity index (χ0v) is 20.8. The highest BCUT2D eigenvalue weighted by Crippen LogP contribution is 2.30. The lowest BCUT2D eigenvalue weighted by molar-refractivity contribution is -0.134. The number of aromatic amines is 1. The predicted molar refractivity (Wildman–Crippen MR) is 132 cm³/mol. The summed E-state index contributed by atoms with van der Waals surface area (Å²) < 4.78 is 26.2. The van der Waals surface area contributed by atoms with E-state index in [9.17, 15) is 13.2 Å². The van der Waals surface area contributed by atoms with Crippen LogP contribution in [-0.2, 0) is 21.4 Å². The van der Waals surface area contributed by atoms with Gasteiger partial charge < -0.3 is 4.90 Å². The number of aromatic nitrogens is 4. The number of hydrogen-bond acceptors (Lipinski definition) is 6. The Kier molecular flexibility index (Phi) is 8.51. The normalized spacial score (nSPS) is 12.6. The number of sulfonamides is 1. The third kappa shape index (κ3) is 6.71. The Balaban J connectivity index is 1.83. The third-order valence-electron chi connectivity index (χ3n) is 5.52. The fraction of sp³-hybridized carbons (Fsp3) is 0.417. The van der Waals surface area contributed by atoms with Gasteiger partial charge in [-0.3, -0.25) is 4.79 Å². The summed E-state index contributed by atoms with van der Waals surface area (Å²) in [5.74, 6) is 0.143. The van der Waals surface area contributed by atoms with Crippen LogP contribution in [0, 0.1) is 5.92 Å². The SMILES string of the molecule is CCCCN(Cc1ccc(-c2ccccc2-c2nn[nH]n2)cc1)C(=O)[C@@H](NS(C)(=O)=O)C(C)C. The molecule has 0 fully saturated rings. The van der Waals surface area contributed by atoms with Crippen LogP contribution in [0.25, 0.3) is 22.5 Å². The van der Waals surface area contributed by atoms with Gasteiger partial charge in [-0.05, 0) is 34.2 Å². The molecule has 1 atom stereocenters. The first-order valence-electron chi connectivity index (χ1n) is 11.4. The van der Waals surface area contributed by atoms with E-state index in [1.807, 2.05) is 62.4 Å². The quantitative estimate of drug-likeness (QED) is 0.431. The van der Waals surface area contributed by atoms with Gasteiger partial charge in [0.2, 0.25) is 21.8 Å². The zero-order chi connectivity index (χ0) is 24.7. The molecule has 182 valence electrons. The van der Waals surface area contributed by atoms with E-state index in [2.05, 4.69) is 32.3 Å². The van der Waals surface area contributed by atoms with Crippen LogP contribution in [0.5, 0.6) is 0 Å². The standard InChI is InChI=1S/C24H32N6O3S/c1-5-6-15-30(24(31)22(17(2)3)27-34(4,32)33)16-18-11-13-19(14-12-18)20-9-7-8-10-21(20)23-25-28-29-26-23/h7-14,17,22,27H,5-6,15-16H2,1-4H3,(H,25,26,28,29)/t22-/m0/s1. The Morgan fingerprint density at radius 3 is 2.32 bits per heavy atom. The number of unbranched alkanes of at least 4 members (excludes halogenated alkanes) is 1. The lowest BCUT2D eigenvalue weighted by Crippen LogP contribution is -2.50. The van der Waals surface area contributed by atoms with Gasteiger partial charge in [-0.25, -0.2) is 13.1 Å². The van der Waals surface area contributed by atoms with E-state index in [0.29, 0.717) is 18.9 Å². The number of benzene rings is 2. The Morgan fingerprint density at radius 2 is 1.76 bits per heavy atom. The van der Waals surface area contributed by atoms with E-state index in [0.717, 1.165) is 41.4 Å². The van der Waals surface area contributed by atoms with E-state index in [1.165, 1.54) is 0 Å². The second-order valence-electron chi connectivity index (χ2n) is 8.70. The number of amides is 1. The molecule has 0 aliphatic carbocycles. The molecule has 3 rings (SSSR count). The molecule has 34 heavy (non-hydrogen) atoms. The highest BCUT2D eigenvalue weighted by molar-refractivity contribution is 7.88. The molecule has 2 aromatic carbocycles. The van der Waals surface area contributed by atoms with Crippen LogP contribution in [0.15, 0.2) is 48.5 Å². The number of tetrazole rings is 1. The molecule has 0 bridgehead atoms. The second-order valence-corrected chi connectivity index (χ2v) is 10.5. The molecule has 3 aromatic rings. The average Bonchev–Trinajstić information content (AvgIpc) is 3.34. The van der Waals surface area contributed by atoms with E-state index < -0.39 is 16.1 Å². The van der Waals surface area contributed by atoms with E-state index >= 15 is 0 Å². The van der Waals surface area contributed by atoms with Gasteiger partial charge in [0, 0.05) is 18.7 Å². The minimum absolute atomic E-state index is 0.171. The van der Waals surface area contributed by atoms with Gasteiger partial charge in [-0.1, -0.05) is 75.7 Å². The van der Waals surface area contributed by atoms with Gasteiger partial charge in [-0.2, -0.15) is 5.21 Å². The minimum Gasteiger partial charge on any atom is -0.337 e. The number of carbonyl (C=O) groups excluding carboxylic acids is 1. The molecule has 10 heteroatoms. The lowest BCUT2D eigenvalue weighted by Gasteiger charge is -2.29. The maximum atomic E-state index is 13.3. The molecule has 1 heterocycles. The second kappa shape index (κ2) is 11.3. The molecule has 0 radical (unpaired) electrons. The summed E-state index contributed by atoms with van der Waals surface area (Å²) in [6.45, 7) is 6.71. The van der Waals surface area contributed by atoms with Crippen LogP contribution in [0.1, 0.15) is 39.2 Å². The van der Waals surface area contributed by atoms with Gasteiger partial charge in [0.1, 0.15) is 6.04 Å². The first-order chi connectivity index (χ1) is 16.2. The van der Waals surface area contributed by atoms with Crippen molar-refractivity contribution in [3.63, 3.8) is 0 Å². The predicted octanol–water partition coefficient (Wildman–Crippen LogP) is 3.24. The summed E-state index contributed by atoms with van der Waals surface area (Å²) in [4.78, 5) is 15.1. The summed E-state index contributed by atoms with van der Waals surface area (Å²) in [7, 11) is -3.51. The van der Waals surface area contributed by atoms with E-state index in [1.54, 1.807) is 4.90 Å². The van der Waals surface area contributed by atoms with Crippen molar-refractivity contribution >= 4 is 15.9 Å². The highest BCUT2D eigenvalue weighted by atomic mass is 32.2. The summed E-state index contributed by atoms with van der Waals surface area (Å²) in [6.07, 6.45) is 2.85. The van der Waals surface area contributed by atoms with Crippen molar-refractivity contribution in [2.45, 2.75) is 46.2 Å². The lowest BCUT2D eigenvalue weighted by atomic mass is 9.98. The van der Waals surface area contributed by atoms with E-state index in [-0.39, 0.29) is 11.8 Å². The topological polar surface area (TPSA) is 121 Å². The van der Waals surface area contributed by atoms with Gasteiger partial charge >= 0.3 is 0 Å². The van der Waals surface area contributed by atoms with Crippen molar-refractivity contribution < 1.29 is 13.2 Å². The first-order valence-corrected chi connectivity index (χ1v) is 13.3. The number of hydrogen-bond donors (Lipinski definition) is 2. The third-order valence-corrected chi connectivity index (χ3v) is 6.20. The molecule has 0 aliphatic rings. The molecule has 0 aliphatic heterocycles. The van der Waals surface area contributed by atoms with Crippen molar-refractivity contribution in [3.8, 4) is 22.5 Å². The smallest absolute Gasteiger partial charge is 0.241 e. The molecule has 0 spiro atoms. The fourth-order valence-electron chi connectivity index (χ4n) is 3.73. The van der Waals surface area contributed by atoms with Gasteiger partial charge in [0.05, 0.1) is 6.26 Å².